The Balaban J connectivity index is 1.97. The number of ether oxygens (including phenoxy) is 2. The van der Waals surface area contributed by atoms with E-state index in [1.165, 1.54) is 0 Å². The Kier molecular flexibility index (Phi) is 5.38. The van der Waals surface area contributed by atoms with Gasteiger partial charge in [0.05, 0.1) is 0 Å². The summed E-state index contributed by atoms with van der Waals surface area (Å²) in [7, 11) is 0. The van der Waals surface area contributed by atoms with Crippen LogP contribution in [0.4, 0.5) is 4.79 Å². The van der Waals surface area contributed by atoms with E-state index in [2.05, 4.69) is 0 Å². The molecule has 0 fully saturated rings. The van der Waals surface area contributed by atoms with Crippen LogP contribution in [0.5, 0.6) is 11.5 Å². The number of hydrogen-bond donors (Lipinski definition) is 0. The third-order valence-electron chi connectivity index (χ3n) is 2.50. The Labute approximate surface area is 126 Å². The van der Waals surface area contributed by atoms with Crippen LogP contribution in [0.3, 0.4) is 0 Å². The molecule has 0 atom stereocenters. The van der Waals surface area contributed by atoms with E-state index in [9.17, 15) is 4.79 Å². The van der Waals surface area contributed by atoms with Gasteiger partial charge in [-0.15, -0.1) is 23.5 Å². The Morgan fingerprint density at radius 2 is 1.50 bits per heavy atom. The van der Waals surface area contributed by atoms with Crippen molar-refractivity contribution in [2.24, 2.45) is 0 Å². The highest BCUT2D eigenvalue weighted by atomic mass is 32.2. The van der Waals surface area contributed by atoms with Gasteiger partial charge in [-0.05, 0) is 55.0 Å². The summed E-state index contributed by atoms with van der Waals surface area (Å²) in [4.78, 5) is 13.8. The lowest BCUT2D eigenvalue weighted by molar-refractivity contribution is 0.152. The predicted octanol–water partition coefficient (Wildman–Crippen LogP) is 4.71. The molecule has 0 radical (unpaired) electrons. The Bertz CT molecular complexity index is 582. The zero-order valence-electron chi connectivity index (χ0n) is 11.2. The second-order valence-electron chi connectivity index (χ2n) is 3.81. The van der Waals surface area contributed by atoms with Gasteiger partial charge < -0.3 is 9.47 Å². The molecule has 2 aromatic rings. The van der Waals surface area contributed by atoms with Gasteiger partial charge in [-0.1, -0.05) is 6.07 Å². The molecule has 2 aromatic carbocycles. The largest absolute Gasteiger partial charge is 0.519 e. The minimum atomic E-state index is -0.736. The van der Waals surface area contributed by atoms with Crippen LogP contribution in [-0.4, -0.2) is 18.7 Å². The summed E-state index contributed by atoms with van der Waals surface area (Å²) in [6, 6.07) is 14.6. The van der Waals surface area contributed by atoms with Crippen LogP contribution in [0, 0.1) is 0 Å². The number of carbonyl (C=O) groups is 1. The van der Waals surface area contributed by atoms with Gasteiger partial charge in [0, 0.05) is 9.79 Å². The molecule has 0 unspecified atom stereocenters. The predicted molar refractivity (Wildman–Crippen MR) is 83.1 cm³/mol. The summed E-state index contributed by atoms with van der Waals surface area (Å²) in [5.74, 6) is 0.941. The van der Waals surface area contributed by atoms with Crippen LogP contribution < -0.4 is 9.47 Å². The van der Waals surface area contributed by atoms with Gasteiger partial charge in [0.15, 0.2) is 0 Å². The third kappa shape index (κ3) is 4.21. The molecular weight excluding hydrogens is 292 g/mol. The van der Waals surface area contributed by atoms with Crippen molar-refractivity contribution in [1.82, 2.24) is 0 Å². The molecule has 3 nitrogen and oxygen atoms in total. The van der Waals surface area contributed by atoms with E-state index in [4.69, 9.17) is 9.47 Å². The highest BCUT2D eigenvalue weighted by Crippen LogP contribution is 2.22. The first-order chi connectivity index (χ1) is 9.71. The maximum Gasteiger partial charge on any atom is 0.519 e. The van der Waals surface area contributed by atoms with E-state index in [1.54, 1.807) is 47.8 Å². The molecule has 0 aliphatic heterocycles. The molecule has 0 bridgehead atoms. The average Bonchev–Trinajstić information content (AvgIpc) is 2.48. The maximum atomic E-state index is 11.7. The van der Waals surface area contributed by atoms with E-state index < -0.39 is 6.16 Å². The van der Waals surface area contributed by atoms with Gasteiger partial charge >= 0.3 is 6.16 Å². The topological polar surface area (TPSA) is 35.5 Å². The van der Waals surface area contributed by atoms with Crippen molar-refractivity contribution in [2.75, 3.05) is 12.5 Å². The molecule has 0 N–H and O–H groups in total. The molecule has 0 spiro atoms. The van der Waals surface area contributed by atoms with Gasteiger partial charge in [0.25, 0.3) is 0 Å². The normalized spacial score (nSPS) is 10.1. The molecule has 0 heterocycles. The minimum absolute atomic E-state index is 0.467. The number of rotatable bonds is 4. The number of carbonyl (C=O) groups excluding carboxylic acids is 1. The summed E-state index contributed by atoms with van der Waals surface area (Å²) in [6.07, 6.45) is 3.22. The molecule has 0 saturated carbocycles. The Morgan fingerprint density at radius 3 is 2.15 bits per heavy atom. The van der Waals surface area contributed by atoms with Crippen molar-refractivity contribution in [3.8, 4) is 11.5 Å². The fourth-order valence-corrected chi connectivity index (χ4v) is 2.38. The van der Waals surface area contributed by atoms with Gasteiger partial charge in [-0.25, -0.2) is 4.79 Å². The zero-order valence-corrected chi connectivity index (χ0v) is 12.8. The van der Waals surface area contributed by atoms with Crippen LogP contribution in [0.2, 0.25) is 0 Å². The van der Waals surface area contributed by atoms with Crippen molar-refractivity contribution in [2.45, 2.75) is 9.79 Å². The first-order valence-corrected chi connectivity index (χ1v) is 8.34. The summed E-state index contributed by atoms with van der Waals surface area (Å²) < 4.78 is 10.3. The quantitative estimate of drug-likeness (QED) is 0.464. The molecule has 20 heavy (non-hydrogen) atoms. The second kappa shape index (κ2) is 7.26. The van der Waals surface area contributed by atoms with E-state index in [0.29, 0.717) is 11.5 Å². The molecule has 104 valence electrons. The molecule has 0 saturated heterocycles. The van der Waals surface area contributed by atoms with Crippen molar-refractivity contribution in [1.29, 1.82) is 0 Å². The lowest BCUT2D eigenvalue weighted by Crippen LogP contribution is -2.13. The first kappa shape index (κ1) is 14.8. The third-order valence-corrected chi connectivity index (χ3v) is 3.97. The van der Waals surface area contributed by atoms with Crippen LogP contribution >= 0.6 is 23.5 Å². The monoisotopic (exact) mass is 306 g/mol. The summed E-state index contributed by atoms with van der Waals surface area (Å²) >= 11 is 3.21. The van der Waals surface area contributed by atoms with Gasteiger partial charge in [-0.2, -0.15) is 0 Å². The number of hydrogen-bond acceptors (Lipinski definition) is 5. The van der Waals surface area contributed by atoms with Crippen molar-refractivity contribution >= 4 is 29.7 Å². The lowest BCUT2D eigenvalue weighted by Gasteiger charge is -2.06. The van der Waals surface area contributed by atoms with Crippen LogP contribution in [-0.2, 0) is 0 Å². The number of thioether (sulfide) groups is 2. The maximum absolute atomic E-state index is 11.7. The smallest absolute Gasteiger partial charge is 0.395 e. The Hall–Kier alpha value is -1.59. The van der Waals surface area contributed by atoms with E-state index in [1.807, 2.05) is 36.8 Å². The number of benzene rings is 2. The Morgan fingerprint density at radius 1 is 0.850 bits per heavy atom. The average molecular weight is 306 g/mol. The standard InChI is InChI=1S/C15H14O3S2/c1-19-13-8-6-11(7-9-13)17-15(16)18-12-4-3-5-14(10-12)20-2/h3-10H,1-2H3. The molecule has 0 aromatic heterocycles. The first-order valence-electron chi connectivity index (χ1n) is 5.89. The molecular formula is C15H14O3S2. The molecule has 0 aliphatic rings. The van der Waals surface area contributed by atoms with E-state index in [0.717, 1.165) is 9.79 Å². The van der Waals surface area contributed by atoms with E-state index >= 15 is 0 Å². The molecule has 0 amide bonds. The summed E-state index contributed by atoms with van der Waals surface area (Å²) in [5, 5.41) is 0. The van der Waals surface area contributed by atoms with Crippen molar-refractivity contribution < 1.29 is 14.3 Å². The van der Waals surface area contributed by atoms with Gasteiger partial charge in [0.1, 0.15) is 11.5 Å². The van der Waals surface area contributed by atoms with E-state index in [-0.39, 0.29) is 0 Å². The van der Waals surface area contributed by atoms with Crippen LogP contribution in [0.15, 0.2) is 58.3 Å². The van der Waals surface area contributed by atoms with Crippen molar-refractivity contribution in [3.63, 3.8) is 0 Å². The SMILES string of the molecule is CSc1ccc(OC(=O)Oc2cccc(SC)c2)cc1. The van der Waals surface area contributed by atoms with Crippen LogP contribution in [0.25, 0.3) is 0 Å². The highest BCUT2D eigenvalue weighted by molar-refractivity contribution is 7.98. The second-order valence-corrected chi connectivity index (χ2v) is 5.57. The highest BCUT2D eigenvalue weighted by Gasteiger charge is 2.08. The molecule has 2 rings (SSSR count). The summed E-state index contributed by atoms with van der Waals surface area (Å²) in [5.41, 5.74) is 0. The van der Waals surface area contributed by atoms with Gasteiger partial charge in [0.2, 0.25) is 0 Å². The fraction of sp³-hybridized carbons (Fsp3) is 0.133. The molecule has 0 aliphatic carbocycles. The lowest BCUT2D eigenvalue weighted by atomic mass is 10.3. The van der Waals surface area contributed by atoms with Crippen molar-refractivity contribution in [3.05, 3.63) is 48.5 Å². The fourth-order valence-electron chi connectivity index (χ4n) is 1.52. The van der Waals surface area contributed by atoms with Gasteiger partial charge in [-0.3, -0.25) is 0 Å². The zero-order chi connectivity index (χ0) is 14.4. The van der Waals surface area contributed by atoms with Crippen LogP contribution in [0.1, 0.15) is 0 Å². The molecule has 5 heteroatoms. The minimum Gasteiger partial charge on any atom is -0.395 e. The summed E-state index contributed by atoms with van der Waals surface area (Å²) in [6.45, 7) is 0.